The van der Waals surface area contributed by atoms with Gasteiger partial charge in [-0.15, -0.1) is 0 Å². The molecule has 116 valence electrons. The molecule has 0 radical (unpaired) electrons. The van der Waals surface area contributed by atoms with Gasteiger partial charge in [-0.05, 0) is 43.8 Å². The number of piperidine rings is 1. The number of carbonyl (C=O) groups is 1. The number of aromatic nitrogens is 1. The minimum absolute atomic E-state index is 0.0195. The minimum Gasteiger partial charge on any atom is -0.476 e. The molecule has 0 spiro atoms. The Hall–Kier alpha value is -2.14. The van der Waals surface area contributed by atoms with Crippen molar-refractivity contribution in [2.24, 2.45) is 5.92 Å². The van der Waals surface area contributed by atoms with Crippen molar-refractivity contribution in [3.05, 3.63) is 53.7 Å². The lowest BCUT2D eigenvalue weighted by Gasteiger charge is -2.31. The molecular formula is C17H20N2O3. The summed E-state index contributed by atoms with van der Waals surface area (Å²) < 4.78 is 5.22. The van der Waals surface area contributed by atoms with Gasteiger partial charge in [0.05, 0.1) is 6.54 Å². The van der Waals surface area contributed by atoms with Gasteiger partial charge in [0.1, 0.15) is 6.26 Å². The maximum absolute atomic E-state index is 10.8. The number of carboxylic acids is 1. The fourth-order valence-corrected chi connectivity index (χ4v) is 2.97. The molecule has 0 unspecified atom stereocenters. The van der Waals surface area contributed by atoms with Crippen LogP contribution in [0.25, 0.3) is 0 Å². The molecule has 0 saturated carbocycles. The van der Waals surface area contributed by atoms with Gasteiger partial charge in [0, 0.05) is 0 Å². The second-order valence-corrected chi connectivity index (χ2v) is 5.84. The van der Waals surface area contributed by atoms with Crippen LogP contribution in [0.4, 0.5) is 0 Å². The predicted octanol–water partition coefficient (Wildman–Crippen LogP) is 2.83. The molecule has 5 nitrogen and oxygen atoms in total. The van der Waals surface area contributed by atoms with Gasteiger partial charge in [-0.25, -0.2) is 9.78 Å². The SMILES string of the molecule is O=C(O)c1coc(CN2CCC(Cc3ccccc3)CC2)n1. The third kappa shape index (κ3) is 3.74. The smallest absolute Gasteiger partial charge is 0.357 e. The van der Waals surface area contributed by atoms with Gasteiger partial charge in [0.2, 0.25) is 5.89 Å². The van der Waals surface area contributed by atoms with Crippen molar-refractivity contribution in [3.8, 4) is 0 Å². The molecule has 0 aliphatic carbocycles. The van der Waals surface area contributed by atoms with Crippen molar-refractivity contribution in [3.63, 3.8) is 0 Å². The molecule has 0 atom stereocenters. The van der Waals surface area contributed by atoms with Crippen LogP contribution in [0.3, 0.4) is 0 Å². The first-order chi connectivity index (χ1) is 10.7. The van der Waals surface area contributed by atoms with Crippen LogP contribution in [0.15, 0.2) is 41.0 Å². The van der Waals surface area contributed by atoms with E-state index in [1.54, 1.807) is 0 Å². The molecule has 1 N–H and O–H groups in total. The summed E-state index contributed by atoms with van der Waals surface area (Å²) in [7, 11) is 0. The largest absolute Gasteiger partial charge is 0.476 e. The lowest BCUT2D eigenvalue weighted by molar-refractivity contribution is 0.0690. The Balaban J connectivity index is 1.48. The number of likely N-dealkylation sites (tertiary alicyclic amines) is 1. The zero-order valence-electron chi connectivity index (χ0n) is 12.4. The standard InChI is InChI=1S/C17H20N2O3/c20-17(21)15-12-22-16(18-15)11-19-8-6-14(7-9-19)10-13-4-2-1-3-5-13/h1-5,12,14H,6-11H2,(H,20,21). The Morgan fingerprint density at radius 2 is 2.00 bits per heavy atom. The van der Waals surface area contributed by atoms with Crippen molar-refractivity contribution in [1.29, 1.82) is 0 Å². The van der Waals surface area contributed by atoms with Crippen LogP contribution >= 0.6 is 0 Å². The third-order valence-electron chi connectivity index (χ3n) is 4.20. The molecule has 3 rings (SSSR count). The maximum Gasteiger partial charge on any atom is 0.357 e. The first kappa shape index (κ1) is 14.8. The van der Waals surface area contributed by atoms with Gasteiger partial charge in [0.25, 0.3) is 0 Å². The monoisotopic (exact) mass is 300 g/mol. The summed E-state index contributed by atoms with van der Waals surface area (Å²) in [5.74, 6) is 0.160. The summed E-state index contributed by atoms with van der Waals surface area (Å²) >= 11 is 0. The van der Waals surface area contributed by atoms with Crippen molar-refractivity contribution in [2.45, 2.75) is 25.8 Å². The van der Waals surface area contributed by atoms with Crippen LogP contribution in [0.5, 0.6) is 0 Å². The Morgan fingerprint density at radius 1 is 1.27 bits per heavy atom. The van der Waals surface area contributed by atoms with E-state index in [4.69, 9.17) is 9.52 Å². The fourth-order valence-electron chi connectivity index (χ4n) is 2.97. The normalized spacial score (nSPS) is 16.7. The number of nitrogens with zero attached hydrogens (tertiary/aromatic N) is 2. The molecule has 1 aromatic carbocycles. The minimum atomic E-state index is -1.04. The Labute approximate surface area is 129 Å². The molecule has 0 amide bonds. The molecule has 2 heterocycles. The van der Waals surface area contributed by atoms with Gasteiger partial charge in [0.15, 0.2) is 5.69 Å². The highest BCUT2D eigenvalue weighted by molar-refractivity contribution is 5.84. The molecule has 1 fully saturated rings. The molecular weight excluding hydrogens is 280 g/mol. The summed E-state index contributed by atoms with van der Waals surface area (Å²) in [5, 5.41) is 8.84. The summed E-state index contributed by atoms with van der Waals surface area (Å²) in [6.45, 7) is 2.59. The zero-order chi connectivity index (χ0) is 15.4. The van der Waals surface area contributed by atoms with Crippen LogP contribution in [0.2, 0.25) is 0 Å². The predicted molar refractivity (Wildman–Crippen MR) is 81.6 cm³/mol. The first-order valence-electron chi connectivity index (χ1n) is 7.64. The lowest BCUT2D eigenvalue weighted by atomic mass is 9.90. The van der Waals surface area contributed by atoms with E-state index < -0.39 is 5.97 Å². The molecule has 1 aromatic heterocycles. The number of oxazole rings is 1. The molecule has 1 saturated heterocycles. The van der Waals surface area contributed by atoms with E-state index in [0.29, 0.717) is 12.4 Å². The summed E-state index contributed by atoms with van der Waals surface area (Å²) in [4.78, 5) is 17.0. The Bertz CT molecular complexity index is 616. The number of hydrogen-bond acceptors (Lipinski definition) is 4. The zero-order valence-corrected chi connectivity index (χ0v) is 12.4. The lowest BCUT2D eigenvalue weighted by Crippen LogP contribution is -2.34. The quantitative estimate of drug-likeness (QED) is 0.919. The highest BCUT2D eigenvalue weighted by atomic mass is 16.4. The van der Waals surface area contributed by atoms with Gasteiger partial charge >= 0.3 is 5.97 Å². The number of aromatic carboxylic acids is 1. The highest BCUT2D eigenvalue weighted by Gasteiger charge is 2.21. The van der Waals surface area contributed by atoms with E-state index >= 15 is 0 Å². The molecule has 1 aliphatic rings. The topological polar surface area (TPSA) is 66.6 Å². The maximum atomic E-state index is 10.8. The molecule has 1 aliphatic heterocycles. The van der Waals surface area contributed by atoms with Gasteiger partial charge in [-0.1, -0.05) is 30.3 Å². The third-order valence-corrected chi connectivity index (χ3v) is 4.20. The molecule has 2 aromatic rings. The second kappa shape index (κ2) is 6.75. The molecule has 0 bridgehead atoms. The van der Waals surface area contributed by atoms with Crippen molar-refractivity contribution in [2.75, 3.05) is 13.1 Å². The summed E-state index contributed by atoms with van der Waals surface area (Å²) in [5.41, 5.74) is 1.38. The van der Waals surface area contributed by atoms with Crippen molar-refractivity contribution < 1.29 is 14.3 Å². The summed E-state index contributed by atoms with van der Waals surface area (Å²) in [6, 6.07) is 10.6. The Kier molecular flexibility index (Phi) is 4.53. The number of rotatable bonds is 5. The number of hydrogen-bond donors (Lipinski definition) is 1. The van der Waals surface area contributed by atoms with Gasteiger partial charge < -0.3 is 9.52 Å². The van der Waals surface area contributed by atoms with Crippen LogP contribution in [0.1, 0.15) is 34.8 Å². The van der Waals surface area contributed by atoms with Crippen molar-refractivity contribution in [1.82, 2.24) is 9.88 Å². The van der Waals surface area contributed by atoms with Gasteiger partial charge in [-0.3, -0.25) is 4.90 Å². The van der Waals surface area contributed by atoms with E-state index in [1.165, 1.54) is 11.8 Å². The first-order valence-corrected chi connectivity index (χ1v) is 7.64. The fraction of sp³-hybridized carbons (Fsp3) is 0.412. The molecule has 22 heavy (non-hydrogen) atoms. The average Bonchev–Trinajstić information content (AvgIpc) is 2.99. The number of carboxylic acid groups (broad SMARTS) is 1. The van der Waals surface area contributed by atoms with Gasteiger partial charge in [-0.2, -0.15) is 0 Å². The molecule has 5 heteroatoms. The van der Waals surface area contributed by atoms with E-state index in [1.807, 2.05) is 6.07 Å². The van der Waals surface area contributed by atoms with E-state index in [2.05, 4.69) is 34.1 Å². The van der Waals surface area contributed by atoms with Crippen LogP contribution in [-0.2, 0) is 13.0 Å². The van der Waals surface area contributed by atoms with Crippen molar-refractivity contribution >= 4 is 5.97 Å². The summed E-state index contributed by atoms with van der Waals surface area (Å²) in [6.07, 6.45) is 4.65. The van der Waals surface area contributed by atoms with Crippen LogP contribution < -0.4 is 0 Å². The van der Waals surface area contributed by atoms with E-state index in [-0.39, 0.29) is 5.69 Å². The Morgan fingerprint density at radius 3 is 2.64 bits per heavy atom. The highest BCUT2D eigenvalue weighted by Crippen LogP contribution is 2.22. The van der Waals surface area contributed by atoms with Crippen LogP contribution in [-0.4, -0.2) is 34.0 Å². The number of benzene rings is 1. The average molecular weight is 300 g/mol. The van der Waals surface area contributed by atoms with Crippen LogP contribution in [0, 0.1) is 5.92 Å². The second-order valence-electron chi connectivity index (χ2n) is 5.84. The van der Waals surface area contributed by atoms with E-state index in [0.717, 1.165) is 38.3 Å². The van der Waals surface area contributed by atoms with E-state index in [9.17, 15) is 4.79 Å².